The molecule has 0 radical (unpaired) electrons. The Bertz CT molecular complexity index is 594. The van der Waals surface area contributed by atoms with Crippen molar-refractivity contribution in [2.24, 2.45) is 0 Å². The molecular weight excluding hydrogens is 363 g/mol. The number of thioether (sulfide) groups is 1. The maximum absolute atomic E-state index is 12.8. The van der Waals surface area contributed by atoms with E-state index in [9.17, 15) is 18.0 Å². The Labute approximate surface area is 149 Å². The molecule has 134 valence electrons. The molecule has 0 saturated carbocycles. The van der Waals surface area contributed by atoms with Crippen LogP contribution in [0.4, 0.5) is 18.0 Å². The lowest BCUT2D eigenvalue weighted by Crippen LogP contribution is -2.51. The molecule has 0 spiro atoms. The fourth-order valence-electron chi connectivity index (χ4n) is 2.77. The largest absolute Gasteiger partial charge is 0.416 e. The van der Waals surface area contributed by atoms with Crippen LogP contribution >= 0.6 is 24.2 Å². The highest BCUT2D eigenvalue weighted by atomic mass is 35.5. The smallest absolute Gasteiger partial charge is 0.322 e. The van der Waals surface area contributed by atoms with Crippen LogP contribution in [0.25, 0.3) is 0 Å². The summed E-state index contributed by atoms with van der Waals surface area (Å²) in [5.41, 5.74) is 0.148. The van der Waals surface area contributed by atoms with Crippen LogP contribution in [-0.4, -0.2) is 54.3 Å². The van der Waals surface area contributed by atoms with Crippen LogP contribution < -0.4 is 5.32 Å². The molecule has 3 rings (SSSR count). The zero-order chi connectivity index (χ0) is 16.4. The summed E-state index contributed by atoms with van der Waals surface area (Å²) in [7, 11) is 0. The van der Waals surface area contributed by atoms with E-state index in [1.165, 1.54) is 23.9 Å². The van der Waals surface area contributed by atoms with Gasteiger partial charge in [0.05, 0.1) is 5.56 Å². The van der Waals surface area contributed by atoms with Gasteiger partial charge in [-0.15, -0.1) is 24.2 Å². The second-order valence-electron chi connectivity index (χ2n) is 5.61. The number of piperazine rings is 1. The average molecular weight is 382 g/mol. The molecule has 1 fully saturated rings. The second kappa shape index (κ2) is 7.84. The van der Waals surface area contributed by atoms with E-state index in [1.807, 2.05) is 0 Å². The summed E-state index contributed by atoms with van der Waals surface area (Å²) in [6.45, 7) is 3.80. The number of carbonyl (C=O) groups excluding carboxylic acids is 1. The number of benzene rings is 1. The van der Waals surface area contributed by atoms with Crippen LogP contribution in [0.3, 0.4) is 0 Å². The van der Waals surface area contributed by atoms with Crippen LogP contribution in [0.15, 0.2) is 23.1 Å². The molecule has 24 heavy (non-hydrogen) atoms. The second-order valence-corrected chi connectivity index (χ2v) is 6.75. The number of nitrogens with zero attached hydrogens (tertiary/aromatic N) is 2. The van der Waals surface area contributed by atoms with Crippen molar-refractivity contribution in [3.63, 3.8) is 0 Å². The molecule has 1 saturated heterocycles. The molecule has 2 amide bonds. The molecule has 0 bridgehead atoms. The third-order valence-corrected chi connectivity index (χ3v) is 5.11. The topological polar surface area (TPSA) is 35.6 Å². The van der Waals surface area contributed by atoms with E-state index in [0.717, 1.165) is 24.7 Å². The average Bonchev–Trinajstić information content (AvgIpc) is 2.75. The Morgan fingerprint density at radius 3 is 2.50 bits per heavy atom. The first-order valence-electron chi connectivity index (χ1n) is 7.52. The van der Waals surface area contributed by atoms with Crippen molar-refractivity contribution in [3.05, 3.63) is 29.3 Å². The van der Waals surface area contributed by atoms with Gasteiger partial charge in [0.15, 0.2) is 0 Å². The number of halogens is 4. The van der Waals surface area contributed by atoms with Crippen molar-refractivity contribution in [3.8, 4) is 0 Å². The third kappa shape index (κ3) is 4.29. The minimum Gasteiger partial charge on any atom is -0.322 e. The standard InChI is InChI=1S/C15H18F3N3OS.ClH/c16-15(17,18)12-2-1-11-10-21(7-8-23-13(11)9-12)14(22)20-5-3-19-4-6-20;/h1-2,9,19H,3-8,10H2;1H. The monoisotopic (exact) mass is 381 g/mol. The van der Waals surface area contributed by atoms with Crippen molar-refractivity contribution < 1.29 is 18.0 Å². The number of urea groups is 1. The van der Waals surface area contributed by atoms with Gasteiger partial charge in [0, 0.05) is 49.9 Å². The van der Waals surface area contributed by atoms with E-state index < -0.39 is 11.7 Å². The Morgan fingerprint density at radius 1 is 1.12 bits per heavy atom. The summed E-state index contributed by atoms with van der Waals surface area (Å²) >= 11 is 1.38. The van der Waals surface area contributed by atoms with Crippen molar-refractivity contribution in [1.29, 1.82) is 0 Å². The first kappa shape index (κ1) is 19.2. The Balaban J connectivity index is 0.00000208. The fourth-order valence-corrected chi connectivity index (χ4v) is 3.83. The Hall–Kier alpha value is -1.12. The summed E-state index contributed by atoms with van der Waals surface area (Å²) in [4.78, 5) is 16.7. The summed E-state index contributed by atoms with van der Waals surface area (Å²) in [6, 6.07) is 3.76. The van der Waals surface area contributed by atoms with Crippen LogP contribution in [0.1, 0.15) is 11.1 Å². The van der Waals surface area contributed by atoms with E-state index in [1.54, 1.807) is 9.80 Å². The lowest BCUT2D eigenvalue weighted by molar-refractivity contribution is -0.137. The summed E-state index contributed by atoms with van der Waals surface area (Å²) < 4.78 is 38.5. The van der Waals surface area contributed by atoms with Crippen LogP contribution in [0.5, 0.6) is 0 Å². The SMILES string of the molecule is Cl.O=C(N1CCNCC1)N1CCSc2cc(C(F)(F)F)ccc2C1. The number of amides is 2. The number of hydrogen-bond acceptors (Lipinski definition) is 3. The zero-order valence-corrected chi connectivity index (χ0v) is 14.6. The lowest BCUT2D eigenvalue weighted by Gasteiger charge is -2.32. The Kier molecular flexibility index (Phi) is 6.28. The predicted molar refractivity (Wildman–Crippen MR) is 89.7 cm³/mol. The van der Waals surface area contributed by atoms with Crippen molar-refractivity contribution in [2.75, 3.05) is 38.5 Å². The minimum absolute atomic E-state index is 0. The molecule has 0 atom stereocenters. The first-order valence-corrected chi connectivity index (χ1v) is 8.51. The van der Waals surface area contributed by atoms with E-state index in [4.69, 9.17) is 0 Å². The summed E-state index contributed by atoms with van der Waals surface area (Å²) in [5, 5.41) is 3.20. The highest BCUT2D eigenvalue weighted by molar-refractivity contribution is 7.99. The van der Waals surface area contributed by atoms with Gasteiger partial charge in [-0.2, -0.15) is 13.2 Å². The van der Waals surface area contributed by atoms with Gasteiger partial charge < -0.3 is 15.1 Å². The lowest BCUT2D eigenvalue weighted by atomic mass is 10.1. The number of carbonyl (C=O) groups is 1. The molecule has 1 aromatic rings. The van der Waals surface area contributed by atoms with Gasteiger partial charge >= 0.3 is 12.2 Å². The number of nitrogens with one attached hydrogen (secondary N) is 1. The van der Waals surface area contributed by atoms with Gasteiger partial charge in [-0.05, 0) is 17.7 Å². The van der Waals surface area contributed by atoms with Crippen molar-refractivity contribution in [1.82, 2.24) is 15.1 Å². The molecule has 2 aliphatic rings. The van der Waals surface area contributed by atoms with E-state index in [2.05, 4.69) is 5.32 Å². The quantitative estimate of drug-likeness (QED) is 0.750. The van der Waals surface area contributed by atoms with Gasteiger partial charge in [0.25, 0.3) is 0 Å². The number of alkyl halides is 3. The van der Waals surface area contributed by atoms with Gasteiger partial charge in [-0.3, -0.25) is 0 Å². The van der Waals surface area contributed by atoms with Crippen molar-refractivity contribution in [2.45, 2.75) is 17.6 Å². The minimum atomic E-state index is -4.34. The summed E-state index contributed by atoms with van der Waals surface area (Å²) in [6.07, 6.45) is -4.34. The van der Waals surface area contributed by atoms with E-state index in [-0.39, 0.29) is 18.4 Å². The van der Waals surface area contributed by atoms with Gasteiger partial charge in [0.2, 0.25) is 0 Å². The highest BCUT2D eigenvalue weighted by Crippen LogP contribution is 2.35. The van der Waals surface area contributed by atoms with Gasteiger partial charge in [-0.25, -0.2) is 4.79 Å². The molecule has 2 aliphatic heterocycles. The third-order valence-electron chi connectivity index (χ3n) is 4.03. The van der Waals surface area contributed by atoms with Crippen molar-refractivity contribution >= 4 is 30.2 Å². The van der Waals surface area contributed by atoms with E-state index in [0.29, 0.717) is 36.8 Å². The van der Waals surface area contributed by atoms with Crippen LogP contribution in [-0.2, 0) is 12.7 Å². The molecule has 0 aromatic heterocycles. The fraction of sp³-hybridized carbons (Fsp3) is 0.533. The molecule has 4 nitrogen and oxygen atoms in total. The molecule has 1 N–H and O–H groups in total. The number of rotatable bonds is 0. The van der Waals surface area contributed by atoms with E-state index >= 15 is 0 Å². The van der Waals surface area contributed by atoms with Gasteiger partial charge in [-0.1, -0.05) is 6.07 Å². The molecule has 2 heterocycles. The Morgan fingerprint density at radius 2 is 1.83 bits per heavy atom. The maximum atomic E-state index is 12.8. The van der Waals surface area contributed by atoms with Crippen LogP contribution in [0.2, 0.25) is 0 Å². The summed E-state index contributed by atoms with van der Waals surface area (Å²) in [5.74, 6) is 0.603. The molecule has 1 aromatic carbocycles. The first-order chi connectivity index (χ1) is 10.9. The normalized spacial score (nSPS) is 18.5. The maximum Gasteiger partial charge on any atom is 0.416 e. The van der Waals surface area contributed by atoms with Crippen LogP contribution in [0, 0.1) is 0 Å². The molecule has 9 heteroatoms. The molecule has 0 aliphatic carbocycles. The molecular formula is C15H19ClF3N3OS. The van der Waals surface area contributed by atoms with Gasteiger partial charge in [0.1, 0.15) is 0 Å². The number of hydrogen-bond donors (Lipinski definition) is 1. The highest BCUT2D eigenvalue weighted by Gasteiger charge is 2.32. The predicted octanol–water partition coefficient (Wildman–Crippen LogP) is 3.06. The zero-order valence-electron chi connectivity index (χ0n) is 12.9. The number of fused-ring (bicyclic) bond motifs is 1. The molecule has 0 unspecified atom stereocenters.